The lowest BCUT2D eigenvalue weighted by Crippen LogP contribution is -2.42. The quantitative estimate of drug-likeness (QED) is 0.369. The highest BCUT2D eigenvalue weighted by molar-refractivity contribution is 8.14. The minimum Gasteiger partial charge on any atom is -0.497 e. The van der Waals surface area contributed by atoms with Crippen LogP contribution in [0.25, 0.3) is 0 Å². The van der Waals surface area contributed by atoms with E-state index in [0.29, 0.717) is 46.0 Å². The summed E-state index contributed by atoms with van der Waals surface area (Å²) < 4.78 is 15.7. The Balaban J connectivity index is 1.27. The van der Waals surface area contributed by atoms with Crippen LogP contribution in [0.2, 0.25) is 0 Å². The molecule has 0 bridgehead atoms. The predicted molar refractivity (Wildman–Crippen MR) is 161 cm³/mol. The number of hydrogen-bond acceptors (Lipinski definition) is 9. The second-order valence-corrected chi connectivity index (χ2v) is 10.2. The van der Waals surface area contributed by atoms with E-state index in [9.17, 15) is 14.4 Å². The summed E-state index contributed by atoms with van der Waals surface area (Å²) in [4.78, 5) is 49.9. The summed E-state index contributed by atoms with van der Waals surface area (Å²) in [7, 11) is 4.63. The van der Waals surface area contributed by atoms with Gasteiger partial charge in [0.1, 0.15) is 29.1 Å². The number of fused-ring (bicyclic) bond motifs is 3. The number of aliphatic imine (C=N–C) groups is 2. The number of amides is 3. The maximum atomic E-state index is 13.5. The molecule has 1 atom stereocenters. The summed E-state index contributed by atoms with van der Waals surface area (Å²) in [5.74, 6) is 1.14. The zero-order valence-electron chi connectivity index (χ0n) is 23.2. The maximum Gasteiger partial charge on any atom is 0.259 e. The lowest BCUT2D eigenvalue weighted by atomic mass is 10.1. The smallest absolute Gasteiger partial charge is 0.259 e. The van der Waals surface area contributed by atoms with Gasteiger partial charge in [0, 0.05) is 18.2 Å². The van der Waals surface area contributed by atoms with Crippen LogP contribution in [0.15, 0.2) is 76.7 Å². The topological polar surface area (TPSA) is 131 Å². The van der Waals surface area contributed by atoms with Gasteiger partial charge in [-0.1, -0.05) is 36.0 Å². The van der Waals surface area contributed by atoms with E-state index < -0.39 is 6.04 Å². The lowest BCUT2D eigenvalue weighted by molar-refractivity contribution is -0.128. The van der Waals surface area contributed by atoms with E-state index in [1.165, 1.54) is 19.1 Å². The van der Waals surface area contributed by atoms with Gasteiger partial charge in [0.15, 0.2) is 5.17 Å². The van der Waals surface area contributed by atoms with E-state index in [2.05, 4.69) is 20.6 Å². The molecular formula is C30H29N5O6S. The Hall–Kier alpha value is -4.84. The Morgan fingerprint density at radius 3 is 2.40 bits per heavy atom. The van der Waals surface area contributed by atoms with Gasteiger partial charge in [0.2, 0.25) is 11.8 Å². The van der Waals surface area contributed by atoms with Gasteiger partial charge < -0.3 is 24.8 Å². The van der Waals surface area contributed by atoms with Crippen LogP contribution in [-0.4, -0.2) is 66.7 Å². The Morgan fingerprint density at radius 1 is 0.929 bits per heavy atom. The van der Waals surface area contributed by atoms with Crippen molar-refractivity contribution in [1.82, 2.24) is 10.2 Å². The molecule has 0 radical (unpaired) electrons. The van der Waals surface area contributed by atoms with Gasteiger partial charge in [-0.05, 0) is 42.0 Å². The van der Waals surface area contributed by atoms with Gasteiger partial charge in [-0.2, -0.15) is 0 Å². The van der Waals surface area contributed by atoms with E-state index in [-0.39, 0.29) is 29.9 Å². The fraction of sp³-hybridized carbons (Fsp3) is 0.233. The third kappa shape index (κ3) is 6.23. The predicted octanol–water partition coefficient (Wildman–Crippen LogP) is 3.75. The minimum absolute atomic E-state index is 0.0363. The molecule has 0 saturated carbocycles. The first-order valence-corrected chi connectivity index (χ1v) is 14.0. The monoisotopic (exact) mass is 587 g/mol. The molecule has 3 amide bonds. The van der Waals surface area contributed by atoms with E-state index in [1.54, 1.807) is 25.3 Å². The zero-order chi connectivity index (χ0) is 29.6. The van der Waals surface area contributed by atoms with Crippen molar-refractivity contribution in [3.63, 3.8) is 0 Å². The largest absolute Gasteiger partial charge is 0.497 e. The van der Waals surface area contributed by atoms with Gasteiger partial charge in [0.25, 0.3) is 5.91 Å². The fourth-order valence-electron chi connectivity index (χ4n) is 4.45. The first-order chi connectivity index (χ1) is 20.4. The van der Waals surface area contributed by atoms with Crippen LogP contribution in [0.1, 0.15) is 17.5 Å². The number of amidine groups is 2. The third-order valence-corrected chi connectivity index (χ3v) is 7.53. The summed E-state index contributed by atoms with van der Waals surface area (Å²) in [6.45, 7) is 0.308. The van der Waals surface area contributed by atoms with Crippen LogP contribution >= 0.6 is 11.8 Å². The minimum atomic E-state index is -0.914. The van der Waals surface area contributed by atoms with Crippen molar-refractivity contribution < 1.29 is 28.6 Å². The summed E-state index contributed by atoms with van der Waals surface area (Å²) >= 11 is 1.10. The molecule has 0 saturated heterocycles. The Labute approximate surface area is 247 Å². The molecule has 0 fully saturated rings. The Morgan fingerprint density at radius 2 is 1.67 bits per heavy atom. The standard InChI is InChI=1S/C30H29N5O6S/c1-39-19-10-8-18(9-11-19)16-31-26(36)15-24-29(38)35-28(33-24)21-6-4-5-7-22(21)34-30(35)42-17-27(37)32-23-14-20(40-2)12-13-25(23)41-3/h4-14,24H,15-17H2,1-3H3,(H,31,36)(H,32,37)/t24-/m1/s1. The highest BCUT2D eigenvalue weighted by Crippen LogP contribution is 2.34. The molecule has 216 valence electrons. The normalized spacial score (nSPS) is 15.2. The van der Waals surface area contributed by atoms with Crippen LogP contribution < -0.4 is 24.8 Å². The summed E-state index contributed by atoms with van der Waals surface area (Å²) in [6, 6.07) is 18.8. The number of ether oxygens (including phenoxy) is 3. The maximum absolute atomic E-state index is 13.5. The number of para-hydroxylation sites is 1. The van der Waals surface area contributed by atoms with Crippen LogP contribution in [0.4, 0.5) is 11.4 Å². The summed E-state index contributed by atoms with van der Waals surface area (Å²) in [5.41, 5.74) is 2.66. The second-order valence-electron chi connectivity index (χ2n) is 9.29. The number of benzene rings is 3. The van der Waals surface area contributed by atoms with E-state index >= 15 is 0 Å². The van der Waals surface area contributed by atoms with Gasteiger partial charge in [-0.25, -0.2) is 9.89 Å². The number of nitrogens with zero attached hydrogens (tertiary/aromatic N) is 3. The molecule has 2 aliphatic rings. The molecule has 2 aliphatic heterocycles. The van der Waals surface area contributed by atoms with E-state index in [1.807, 2.05) is 48.5 Å². The average Bonchev–Trinajstić information content (AvgIpc) is 3.34. The van der Waals surface area contributed by atoms with Gasteiger partial charge in [0.05, 0.1) is 44.9 Å². The molecule has 2 heterocycles. The molecule has 12 heteroatoms. The van der Waals surface area contributed by atoms with Crippen molar-refractivity contribution >= 4 is 51.9 Å². The molecule has 11 nitrogen and oxygen atoms in total. The van der Waals surface area contributed by atoms with Crippen molar-refractivity contribution in [3.8, 4) is 17.2 Å². The summed E-state index contributed by atoms with van der Waals surface area (Å²) in [5, 5.41) is 5.98. The first-order valence-electron chi connectivity index (χ1n) is 13.0. The van der Waals surface area contributed by atoms with Crippen molar-refractivity contribution in [1.29, 1.82) is 0 Å². The lowest BCUT2D eigenvalue weighted by Gasteiger charge is -2.25. The van der Waals surface area contributed by atoms with Crippen LogP contribution in [0.5, 0.6) is 17.2 Å². The van der Waals surface area contributed by atoms with Crippen molar-refractivity contribution in [2.45, 2.75) is 19.0 Å². The molecule has 2 N–H and O–H groups in total. The second kappa shape index (κ2) is 12.8. The number of rotatable bonds is 10. The molecule has 0 spiro atoms. The number of nitrogens with one attached hydrogen (secondary N) is 2. The van der Waals surface area contributed by atoms with Crippen molar-refractivity contribution in [3.05, 3.63) is 77.9 Å². The van der Waals surface area contributed by atoms with Crippen molar-refractivity contribution in [2.24, 2.45) is 9.98 Å². The number of anilines is 1. The number of thioether (sulfide) groups is 1. The van der Waals surface area contributed by atoms with E-state index in [0.717, 1.165) is 23.1 Å². The van der Waals surface area contributed by atoms with Crippen LogP contribution in [0.3, 0.4) is 0 Å². The van der Waals surface area contributed by atoms with Crippen LogP contribution in [-0.2, 0) is 20.9 Å². The summed E-state index contributed by atoms with van der Waals surface area (Å²) in [6.07, 6.45) is -0.120. The Kier molecular flexibility index (Phi) is 8.72. The fourth-order valence-corrected chi connectivity index (χ4v) is 5.25. The highest BCUT2D eigenvalue weighted by atomic mass is 32.2. The molecule has 5 rings (SSSR count). The number of carbonyl (C=O) groups excluding carboxylic acids is 3. The number of hydrogen-bond donors (Lipinski definition) is 2. The Bertz CT molecular complexity index is 1570. The van der Waals surface area contributed by atoms with Crippen molar-refractivity contribution in [2.75, 3.05) is 32.4 Å². The van der Waals surface area contributed by atoms with Gasteiger partial charge >= 0.3 is 0 Å². The molecule has 0 aromatic heterocycles. The van der Waals surface area contributed by atoms with Gasteiger partial charge in [-0.3, -0.25) is 19.4 Å². The number of carbonyl (C=O) groups is 3. The molecule has 0 unspecified atom stereocenters. The first kappa shape index (κ1) is 28.7. The zero-order valence-corrected chi connectivity index (χ0v) is 24.1. The molecule has 42 heavy (non-hydrogen) atoms. The average molecular weight is 588 g/mol. The molecule has 3 aromatic rings. The SMILES string of the molecule is COc1ccc(CNC(=O)C[C@H]2N=C3c4ccccc4N=C(SCC(=O)Nc4cc(OC)ccc4OC)N3C2=O)cc1. The molecular weight excluding hydrogens is 558 g/mol. The van der Waals surface area contributed by atoms with E-state index in [4.69, 9.17) is 14.2 Å². The highest BCUT2D eigenvalue weighted by Gasteiger charge is 2.42. The van der Waals surface area contributed by atoms with Gasteiger partial charge in [-0.15, -0.1) is 0 Å². The van der Waals surface area contributed by atoms with Crippen LogP contribution in [0, 0.1) is 0 Å². The molecule has 0 aliphatic carbocycles. The molecule has 3 aromatic carbocycles. The third-order valence-electron chi connectivity index (χ3n) is 6.59. The number of methoxy groups -OCH3 is 3.